The van der Waals surface area contributed by atoms with E-state index in [1.165, 1.54) is 12.8 Å². The van der Waals surface area contributed by atoms with Gasteiger partial charge in [0.15, 0.2) is 5.78 Å². The summed E-state index contributed by atoms with van der Waals surface area (Å²) in [4.78, 5) is 14.5. The van der Waals surface area contributed by atoms with Gasteiger partial charge in [-0.25, -0.2) is 0 Å². The third-order valence-electron chi connectivity index (χ3n) is 3.87. The highest BCUT2D eigenvalue weighted by molar-refractivity contribution is 5.86. The molecule has 1 saturated heterocycles. The molecule has 1 atom stereocenters. The molecule has 1 heterocycles. The van der Waals surface area contributed by atoms with E-state index >= 15 is 0 Å². The normalized spacial score (nSPS) is 26.7. The first-order valence-electron chi connectivity index (χ1n) is 6.27. The lowest BCUT2D eigenvalue weighted by molar-refractivity contribution is -0.127. The SMILES string of the molecule is CC(C(=O)C1CCCC1)N1CCNCC1. The van der Waals surface area contributed by atoms with Crippen LogP contribution in [0.3, 0.4) is 0 Å². The maximum atomic E-state index is 12.2. The van der Waals surface area contributed by atoms with Crippen LogP contribution in [0.4, 0.5) is 0 Å². The first-order valence-corrected chi connectivity index (χ1v) is 6.27. The van der Waals surface area contributed by atoms with Crippen LogP contribution in [-0.4, -0.2) is 42.9 Å². The van der Waals surface area contributed by atoms with E-state index in [1.807, 2.05) is 0 Å². The predicted molar refractivity (Wildman–Crippen MR) is 60.9 cm³/mol. The van der Waals surface area contributed by atoms with Crippen molar-refractivity contribution < 1.29 is 4.79 Å². The summed E-state index contributed by atoms with van der Waals surface area (Å²) in [5.74, 6) is 0.865. The van der Waals surface area contributed by atoms with Gasteiger partial charge in [0.25, 0.3) is 0 Å². The topological polar surface area (TPSA) is 32.3 Å². The Morgan fingerprint density at radius 2 is 1.87 bits per heavy atom. The molecule has 1 saturated carbocycles. The Morgan fingerprint density at radius 1 is 1.27 bits per heavy atom. The average molecular weight is 210 g/mol. The summed E-state index contributed by atoms with van der Waals surface area (Å²) in [7, 11) is 0. The van der Waals surface area contributed by atoms with Crippen molar-refractivity contribution >= 4 is 5.78 Å². The molecule has 2 fully saturated rings. The number of nitrogens with one attached hydrogen (secondary N) is 1. The number of hydrogen-bond donors (Lipinski definition) is 1. The van der Waals surface area contributed by atoms with Gasteiger partial charge in [-0.3, -0.25) is 9.69 Å². The molecule has 0 aromatic carbocycles. The molecule has 3 nitrogen and oxygen atoms in total. The maximum absolute atomic E-state index is 12.2. The molecular weight excluding hydrogens is 188 g/mol. The van der Waals surface area contributed by atoms with Crippen LogP contribution >= 0.6 is 0 Å². The van der Waals surface area contributed by atoms with Crippen LogP contribution < -0.4 is 5.32 Å². The Morgan fingerprint density at radius 3 is 2.47 bits per heavy atom. The second-order valence-electron chi connectivity index (χ2n) is 4.85. The van der Waals surface area contributed by atoms with Gasteiger partial charge in [0.1, 0.15) is 0 Å². The van der Waals surface area contributed by atoms with Crippen LogP contribution in [0.5, 0.6) is 0 Å². The Balaban J connectivity index is 1.87. The minimum atomic E-state index is 0.148. The lowest BCUT2D eigenvalue weighted by Crippen LogP contribution is -2.51. The summed E-state index contributed by atoms with van der Waals surface area (Å²) in [6.45, 7) is 6.20. The lowest BCUT2D eigenvalue weighted by atomic mass is 9.96. The fraction of sp³-hybridized carbons (Fsp3) is 0.917. The van der Waals surface area contributed by atoms with Gasteiger partial charge < -0.3 is 5.32 Å². The van der Waals surface area contributed by atoms with Crippen LogP contribution in [0.25, 0.3) is 0 Å². The van der Waals surface area contributed by atoms with Crippen molar-refractivity contribution in [1.82, 2.24) is 10.2 Å². The zero-order chi connectivity index (χ0) is 10.7. The number of carbonyl (C=O) groups is 1. The van der Waals surface area contributed by atoms with Crippen LogP contribution in [0.1, 0.15) is 32.6 Å². The number of carbonyl (C=O) groups excluding carboxylic acids is 1. The zero-order valence-electron chi connectivity index (χ0n) is 9.67. The van der Waals surface area contributed by atoms with Crippen molar-refractivity contribution in [2.75, 3.05) is 26.2 Å². The zero-order valence-corrected chi connectivity index (χ0v) is 9.67. The van der Waals surface area contributed by atoms with Gasteiger partial charge in [-0.2, -0.15) is 0 Å². The fourth-order valence-corrected chi connectivity index (χ4v) is 2.80. The molecule has 1 aliphatic carbocycles. The quantitative estimate of drug-likeness (QED) is 0.755. The van der Waals surface area contributed by atoms with Gasteiger partial charge in [0, 0.05) is 32.1 Å². The van der Waals surface area contributed by atoms with E-state index < -0.39 is 0 Å². The van der Waals surface area contributed by atoms with E-state index in [0.717, 1.165) is 39.0 Å². The van der Waals surface area contributed by atoms with Crippen molar-refractivity contribution in [2.45, 2.75) is 38.6 Å². The van der Waals surface area contributed by atoms with Crippen molar-refractivity contribution in [3.8, 4) is 0 Å². The number of ketones is 1. The molecule has 3 heteroatoms. The molecule has 1 aliphatic heterocycles. The number of rotatable bonds is 3. The molecule has 2 aliphatic rings. The van der Waals surface area contributed by atoms with Gasteiger partial charge in [-0.1, -0.05) is 12.8 Å². The molecule has 1 unspecified atom stereocenters. The van der Waals surface area contributed by atoms with Crippen molar-refractivity contribution in [3.05, 3.63) is 0 Å². The smallest absolute Gasteiger partial charge is 0.152 e. The third kappa shape index (κ3) is 2.58. The molecule has 0 aromatic rings. The molecule has 0 radical (unpaired) electrons. The van der Waals surface area contributed by atoms with Gasteiger partial charge in [-0.05, 0) is 19.8 Å². The summed E-state index contributed by atoms with van der Waals surface area (Å²) in [5, 5.41) is 3.33. The summed E-state index contributed by atoms with van der Waals surface area (Å²) in [6.07, 6.45) is 4.78. The number of piperazine rings is 1. The second kappa shape index (κ2) is 5.08. The molecule has 15 heavy (non-hydrogen) atoms. The van der Waals surface area contributed by atoms with E-state index in [9.17, 15) is 4.79 Å². The van der Waals surface area contributed by atoms with E-state index in [1.54, 1.807) is 0 Å². The lowest BCUT2D eigenvalue weighted by Gasteiger charge is -2.33. The monoisotopic (exact) mass is 210 g/mol. The van der Waals surface area contributed by atoms with Crippen molar-refractivity contribution in [2.24, 2.45) is 5.92 Å². The highest BCUT2D eigenvalue weighted by atomic mass is 16.1. The molecule has 1 N–H and O–H groups in total. The molecular formula is C12H22N2O. The Labute approximate surface area is 92.2 Å². The number of Topliss-reactive ketones (excluding diaryl/α,β-unsaturated/α-hetero) is 1. The minimum absolute atomic E-state index is 0.148. The predicted octanol–water partition coefficient (Wildman–Crippen LogP) is 1.04. The summed E-state index contributed by atoms with van der Waals surface area (Å²) >= 11 is 0. The van der Waals surface area contributed by atoms with Crippen LogP contribution in [0.2, 0.25) is 0 Å². The first-order chi connectivity index (χ1) is 7.29. The summed E-state index contributed by atoms with van der Waals surface area (Å²) in [6, 6.07) is 0.148. The molecule has 0 aromatic heterocycles. The fourth-order valence-electron chi connectivity index (χ4n) is 2.80. The molecule has 2 rings (SSSR count). The van der Waals surface area contributed by atoms with E-state index in [2.05, 4.69) is 17.1 Å². The standard InChI is InChI=1S/C12H22N2O/c1-10(14-8-6-13-7-9-14)12(15)11-4-2-3-5-11/h10-11,13H,2-9H2,1H3. The van der Waals surface area contributed by atoms with Gasteiger partial charge in [-0.15, -0.1) is 0 Å². The van der Waals surface area contributed by atoms with Gasteiger partial charge >= 0.3 is 0 Å². The number of hydrogen-bond acceptors (Lipinski definition) is 3. The Bertz CT molecular complexity index is 218. The summed E-state index contributed by atoms with van der Waals surface area (Å²) in [5.41, 5.74) is 0. The van der Waals surface area contributed by atoms with Crippen LogP contribution in [0.15, 0.2) is 0 Å². The first kappa shape index (κ1) is 11.1. The highest BCUT2D eigenvalue weighted by Crippen LogP contribution is 2.27. The van der Waals surface area contributed by atoms with Crippen molar-refractivity contribution in [1.29, 1.82) is 0 Å². The Kier molecular flexibility index (Phi) is 3.76. The van der Waals surface area contributed by atoms with Gasteiger partial charge in [0.2, 0.25) is 0 Å². The van der Waals surface area contributed by atoms with Crippen LogP contribution in [-0.2, 0) is 4.79 Å². The molecule has 0 bridgehead atoms. The maximum Gasteiger partial charge on any atom is 0.152 e. The second-order valence-corrected chi connectivity index (χ2v) is 4.85. The van der Waals surface area contributed by atoms with Crippen molar-refractivity contribution in [3.63, 3.8) is 0 Å². The highest BCUT2D eigenvalue weighted by Gasteiger charge is 2.30. The van der Waals surface area contributed by atoms with Gasteiger partial charge in [0.05, 0.1) is 6.04 Å². The van der Waals surface area contributed by atoms with E-state index in [4.69, 9.17) is 0 Å². The molecule has 0 spiro atoms. The van der Waals surface area contributed by atoms with E-state index in [-0.39, 0.29) is 6.04 Å². The molecule has 0 amide bonds. The minimum Gasteiger partial charge on any atom is -0.314 e. The largest absolute Gasteiger partial charge is 0.314 e. The van der Waals surface area contributed by atoms with E-state index in [0.29, 0.717) is 11.7 Å². The number of nitrogens with zero attached hydrogens (tertiary/aromatic N) is 1. The van der Waals surface area contributed by atoms with Crippen LogP contribution in [0, 0.1) is 5.92 Å². The average Bonchev–Trinajstić information content (AvgIpc) is 2.82. The third-order valence-corrected chi connectivity index (χ3v) is 3.87. The molecule has 86 valence electrons. The summed E-state index contributed by atoms with van der Waals surface area (Å²) < 4.78 is 0. The Hall–Kier alpha value is -0.410.